The molecule has 2 N–H and O–H groups in total. The van der Waals surface area contributed by atoms with Crippen molar-refractivity contribution in [1.29, 1.82) is 0 Å². The Morgan fingerprint density at radius 1 is 1.17 bits per heavy atom. The maximum atomic E-state index is 8.98. The highest BCUT2D eigenvalue weighted by Gasteiger charge is 2.13. The lowest BCUT2D eigenvalue weighted by atomic mass is 10.2. The van der Waals surface area contributed by atoms with E-state index < -0.39 is 7.32 Å². The Kier molecular flexibility index (Phi) is 8.93. The molecule has 0 aliphatic rings. The molecule has 0 bridgehead atoms. The molecule has 0 radical (unpaired) electrons. The first kappa shape index (κ1) is 11.9. The van der Waals surface area contributed by atoms with Crippen LogP contribution in [0.5, 0.6) is 0 Å². The number of hydrogen-bond donors (Lipinski definition) is 2. The summed E-state index contributed by atoms with van der Waals surface area (Å²) in [7, 11) is -1.14. The molecule has 0 aromatic rings. The van der Waals surface area contributed by atoms with Crippen molar-refractivity contribution in [3.63, 3.8) is 0 Å². The van der Waals surface area contributed by atoms with Gasteiger partial charge in [0.25, 0.3) is 0 Å². The van der Waals surface area contributed by atoms with Crippen LogP contribution in [0, 0.1) is 0 Å². The minimum absolute atomic E-state index is 0.0711. The fourth-order valence-corrected chi connectivity index (χ4v) is 0.625. The zero-order valence-electron chi connectivity index (χ0n) is 7.53. The average Bonchev–Trinajstić information content (AvgIpc) is 2.06. The van der Waals surface area contributed by atoms with Gasteiger partial charge in [-0.2, -0.15) is 0 Å². The quantitative estimate of drug-likeness (QED) is 0.409. The zero-order valence-corrected chi connectivity index (χ0v) is 7.53. The molecule has 5 heteroatoms. The van der Waals surface area contributed by atoms with Gasteiger partial charge in [0.05, 0.1) is 0 Å². The Morgan fingerprint density at radius 2 is 1.75 bits per heavy atom. The van der Waals surface area contributed by atoms with Gasteiger partial charge in [-0.25, -0.2) is 0 Å². The summed E-state index contributed by atoms with van der Waals surface area (Å²) in [5, 5.41) is 17.4. The average molecular weight is 176 g/mol. The van der Waals surface area contributed by atoms with Crippen LogP contribution < -0.4 is 0 Å². The Bertz CT molecular complexity index is 81.5. The van der Waals surface area contributed by atoms with Crippen molar-refractivity contribution >= 4 is 7.32 Å². The summed E-state index contributed by atoms with van der Waals surface area (Å²) in [6.45, 7) is 2.95. The largest absolute Gasteiger partial charge is 0.636 e. The van der Waals surface area contributed by atoms with Crippen molar-refractivity contribution in [2.75, 3.05) is 19.8 Å². The molecule has 0 amide bonds. The van der Waals surface area contributed by atoms with Crippen molar-refractivity contribution in [3.05, 3.63) is 0 Å². The number of rotatable bonds is 8. The number of aliphatic hydroxyl groups is 1. The van der Waals surface area contributed by atoms with Gasteiger partial charge < -0.3 is 19.4 Å². The Morgan fingerprint density at radius 3 is 2.25 bits per heavy atom. The van der Waals surface area contributed by atoms with Crippen LogP contribution in [0.15, 0.2) is 0 Å². The molecule has 0 unspecified atom stereocenters. The van der Waals surface area contributed by atoms with Gasteiger partial charge in [-0.05, 0) is 12.8 Å². The highest BCUT2D eigenvalue weighted by atomic mass is 16.7. The highest BCUT2D eigenvalue weighted by molar-refractivity contribution is 6.34. The fourth-order valence-electron chi connectivity index (χ4n) is 0.625. The smallest absolute Gasteiger partial charge is 0.402 e. The minimum atomic E-state index is -1.14. The predicted octanol–water partition coefficient (Wildman–Crippen LogP) is 0.179. The first-order valence-corrected chi connectivity index (χ1v) is 4.33. The van der Waals surface area contributed by atoms with E-state index in [0.717, 1.165) is 12.8 Å². The molecule has 0 aliphatic heterocycles. The molecule has 0 aromatic carbocycles. The van der Waals surface area contributed by atoms with Gasteiger partial charge in [-0.1, -0.05) is 13.3 Å². The third-order valence-electron chi connectivity index (χ3n) is 1.32. The first-order valence-electron chi connectivity index (χ1n) is 4.33. The monoisotopic (exact) mass is 176 g/mol. The molecule has 0 saturated heterocycles. The summed E-state index contributed by atoms with van der Waals surface area (Å²) in [5.74, 6) is 0. The molecule has 0 spiro atoms. The second-order valence-electron chi connectivity index (χ2n) is 2.48. The standard InChI is InChI=1S/C7H17BO4/c1-2-3-6-11-8(10)12-7-4-5-9/h9-10H,2-7H2,1H3. The number of unbranched alkanes of at least 4 members (excludes halogenated alkanes) is 1. The molecule has 72 valence electrons. The molecule has 0 fully saturated rings. The van der Waals surface area contributed by atoms with Crippen LogP contribution in [-0.2, 0) is 9.31 Å². The summed E-state index contributed by atoms with van der Waals surface area (Å²) in [6, 6.07) is 0. The van der Waals surface area contributed by atoms with Crippen LogP contribution in [0.25, 0.3) is 0 Å². The number of hydrogen-bond acceptors (Lipinski definition) is 4. The Hall–Kier alpha value is -0.0951. The van der Waals surface area contributed by atoms with Gasteiger partial charge in [0.2, 0.25) is 0 Å². The second-order valence-corrected chi connectivity index (χ2v) is 2.48. The summed E-state index contributed by atoms with van der Waals surface area (Å²) < 4.78 is 9.68. The molecular formula is C7H17BO4. The lowest BCUT2D eigenvalue weighted by molar-refractivity contribution is 0.122. The van der Waals surface area contributed by atoms with Gasteiger partial charge in [-0.3, -0.25) is 0 Å². The molecule has 0 aromatic heterocycles. The van der Waals surface area contributed by atoms with Crippen LogP contribution in [0.1, 0.15) is 26.2 Å². The zero-order chi connectivity index (χ0) is 9.23. The summed E-state index contributed by atoms with van der Waals surface area (Å²) in [6.07, 6.45) is 2.47. The first-order chi connectivity index (χ1) is 5.81. The maximum Gasteiger partial charge on any atom is 0.636 e. The molecule has 4 nitrogen and oxygen atoms in total. The SMILES string of the molecule is CCCCOB(O)OCCCO. The van der Waals surface area contributed by atoms with Crippen molar-refractivity contribution in [2.45, 2.75) is 26.2 Å². The van der Waals surface area contributed by atoms with Gasteiger partial charge in [0.15, 0.2) is 0 Å². The van der Waals surface area contributed by atoms with E-state index in [4.69, 9.17) is 19.4 Å². The Balaban J connectivity index is 3.04. The molecule has 0 atom stereocenters. The maximum absolute atomic E-state index is 8.98. The van der Waals surface area contributed by atoms with Crippen LogP contribution in [0.3, 0.4) is 0 Å². The van der Waals surface area contributed by atoms with Crippen molar-refractivity contribution < 1.29 is 19.4 Å². The third kappa shape index (κ3) is 8.01. The normalized spacial score (nSPS) is 10.2. The molecule has 0 rings (SSSR count). The van der Waals surface area contributed by atoms with Gasteiger partial charge in [0.1, 0.15) is 0 Å². The van der Waals surface area contributed by atoms with Crippen LogP contribution in [-0.4, -0.2) is 37.3 Å². The molecular weight excluding hydrogens is 159 g/mol. The lowest BCUT2D eigenvalue weighted by Crippen LogP contribution is -2.24. The lowest BCUT2D eigenvalue weighted by Gasteiger charge is -2.06. The third-order valence-corrected chi connectivity index (χ3v) is 1.32. The van der Waals surface area contributed by atoms with E-state index >= 15 is 0 Å². The minimum Gasteiger partial charge on any atom is -0.402 e. The predicted molar refractivity (Wildman–Crippen MR) is 46.5 cm³/mol. The van der Waals surface area contributed by atoms with E-state index in [1.54, 1.807) is 0 Å². The number of aliphatic hydroxyl groups excluding tert-OH is 1. The summed E-state index contributed by atoms with van der Waals surface area (Å²) >= 11 is 0. The molecule has 0 aliphatic carbocycles. The molecule has 12 heavy (non-hydrogen) atoms. The highest BCUT2D eigenvalue weighted by Crippen LogP contribution is 1.92. The van der Waals surface area contributed by atoms with Crippen molar-refractivity contribution in [2.24, 2.45) is 0 Å². The van der Waals surface area contributed by atoms with E-state index in [9.17, 15) is 0 Å². The van der Waals surface area contributed by atoms with Crippen LogP contribution >= 0.6 is 0 Å². The molecule has 0 heterocycles. The fraction of sp³-hybridized carbons (Fsp3) is 1.00. The van der Waals surface area contributed by atoms with E-state index in [1.165, 1.54) is 0 Å². The summed E-state index contributed by atoms with van der Waals surface area (Å²) in [4.78, 5) is 0. The van der Waals surface area contributed by atoms with E-state index in [0.29, 0.717) is 19.6 Å². The van der Waals surface area contributed by atoms with Gasteiger partial charge in [0, 0.05) is 19.8 Å². The topological polar surface area (TPSA) is 58.9 Å². The van der Waals surface area contributed by atoms with E-state index in [-0.39, 0.29) is 6.61 Å². The molecule has 0 saturated carbocycles. The van der Waals surface area contributed by atoms with Crippen LogP contribution in [0.2, 0.25) is 0 Å². The van der Waals surface area contributed by atoms with Crippen molar-refractivity contribution in [3.8, 4) is 0 Å². The Labute approximate surface area is 73.7 Å². The second kappa shape index (κ2) is 9.00. The van der Waals surface area contributed by atoms with Gasteiger partial charge >= 0.3 is 7.32 Å². The van der Waals surface area contributed by atoms with E-state index in [1.807, 2.05) is 6.92 Å². The van der Waals surface area contributed by atoms with Crippen LogP contribution in [0.4, 0.5) is 0 Å². The summed E-state index contributed by atoms with van der Waals surface area (Å²) in [5.41, 5.74) is 0. The van der Waals surface area contributed by atoms with Gasteiger partial charge in [-0.15, -0.1) is 0 Å². The van der Waals surface area contributed by atoms with Crippen molar-refractivity contribution in [1.82, 2.24) is 0 Å². The van der Waals surface area contributed by atoms with E-state index in [2.05, 4.69) is 0 Å².